The fourth-order valence-electron chi connectivity index (χ4n) is 5.21. The molecule has 3 rings (SSSR count). The third kappa shape index (κ3) is 9.95. The number of amidine groups is 1. The molecular weight excluding hydrogens is 514 g/mol. The van der Waals surface area contributed by atoms with E-state index in [1.165, 1.54) is 24.6 Å². The topological polar surface area (TPSA) is 78.1 Å². The van der Waals surface area contributed by atoms with E-state index in [2.05, 4.69) is 97.6 Å². The Hall–Kier alpha value is -1.76. The number of unbranched alkanes of at least 4 members (excludes halogenated alkanes) is 1. The zero-order valence-electron chi connectivity index (χ0n) is 27.0. The first-order valence-corrected chi connectivity index (χ1v) is 15.9. The van der Waals surface area contributed by atoms with E-state index in [1.807, 2.05) is 0 Å². The van der Waals surface area contributed by atoms with Crippen molar-refractivity contribution in [2.75, 3.05) is 6.26 Å². The molecule has 6 heteroatoms. The van der Waals surface area contributed by atoms with Gasteiger partial charge in [-0.25, -0.2) is 9.98 Å². The number of allylic oxidation sites excluding steroid dienone is 2. The van der Waals surface area contributed by atoms with Gasteiger partial charge in [0.2, 0.25) is 0 Å². The Morgan fingerprint density at radius 3 is 2.33 bits per heavy atom. The minimum atomic E-state index is -0.762. The van der Waals surface area contributed by atoms with Crippen molar-refractivity contribution < 1.29 is 10.2 Å². The third-order valence-electron chi connectivity index (χ3n) is 7.27. The van der Waals surface area contributed by atoms with Crippen LogP contribution in [0.15, 0.2) is 28.8 Å². The van der Waals surface area contributed by atoms with E-state index in [9.17, 15) is 10.2 Å². The summed E-state index contributed by atoms with van der Waals surface area (Å²) >= 11 is 3.53. The molecule has 0 aromatic carbocycles. The fraction of sp³-hybridized carbons (Fsp3) is 0.676. The molecular formula is C34H57N3O2S. The Balaban J connectivity index is 0.00000122. The van der Waals surface area contributed by atoms with Gasteiger partial charge in [-0.05, 0) is 60.8 Å². The number of aliphatic hydroxyl groups excluding tert-OH is 2. The normalized spacial score (nSPS) is 19.3. The zero-order valence-corrected chi connectivity index (χ0v) is 27.9. The van der Waals surface area contributed by atoms with Crippen LogP contribution in [0.3, 0.4) is 0 Å². The molecule has 0 fully saturated rings. The van der Waals surface area contributed by atoms with Crippen LogP contribution in [0.4, 0.5) is 0 Å². The van der Waals surface area contributed by atoms with Crippen molar-refractivity contribution in [3.63, 3.8) is 0 Å². The molecule has 0 saturated heterocycles. The summed E-state index contributed by atoms with van der Waals surface area (Å²) in [6.45, 7) is 22.9. The SMILES string of the molecule is C=CN=C(N=CCC(O)c1c(C(C)C)nc2c(c1C1=CCCC1)C(O)CC(C)(C)C2)C(C)(C)C.CCCC.CS. The van der Waals surface area contributed by atoms with Gasteiger partial charge >= 0.3 is 0 Å². The number of hydrogen-bond donors (Lipinski definition) is 3. The van der Waals surface area contributed by atoms with Gasteiger partial charge in [0, 0.05) is 46.8 Å². The minimum Gasteiger partial charge on any atom is -0.388 e. The van der Waals surface area contributed by atoms with Gasteiger partial charge in [-0.1, -0.05) is 87.8 Å². The van der Waals surface area contributed by atoms with E-state index < -0.39 is 12.2 Å². The Morgan fingerprint density at radius 2 is 1.85 bits per heavy atom. The number of nitrogens with zero attached hydrogens (tertiary/aromatic N) is 3. The van der Waals surface area contributed by atoms with Crippen LogP contribution in [0.5, 0.6) is 0 Å². The predicted octanol–water partition coefficient (Wildman–Crippen LogP) is 9.21. The summed E-state index contributed by atoms with van der Waals surface area (Å²) in [6.07, 6.45) is 13.6. The molecule has 2 unspecified atom stereocenters. The first-order chi connectivity index (χ1) is 18.8. The smallest absolute Gasteiger partial charge is 0.133 e. The van der Waals surface area contributed by atoms with Crippen LogP contribution < -0.4 is 0 Å². The van der Waals surface area contributed by atoms with Gasteiger partial charge in [-0.15, -0.1) is 0 Å². The molecule has 1 aromatic rings. The molecule has 1 aromatic heterocycles. The van der Waals surface area contributed by atoms with Crippen molar-refractivity contribution in [1.82, 2.24) is 4.98 Å². The Kier molecular flexibility index (Phi) is 15.1. The summed E-state index contributed by atoms with van der Waals surface area (Å²) in [4.78, 5) is 14.0. The molecule has 0 bridgehead atoms. The van der Waals surface area contributed by atoms with Crippen molar-refractivity contribution in [1.29, 1.82) is 0 Å². The predicted molar refractivity (Wildman–Crippen MR) is 178 cm³/mol. The minimum absolute atomic E-state index is 0.00434. The Morgan fingerprint density at radius 1 is 1.23 bits per heavy atom. The molecule has 0 saturated carbocycles. The highest BCUT2D eigenvalue weighted by molar-refractivity contribution is 7.79. The molecule has 2 aliphatic rings. The summed E-state index contributed by atoms with van der Waals surface area (Å²) in [5.41, 5.74) is 5.80. The lowest BCUT2D eigenvalue weighted by Crippen LogP contribution is -2.29. The molecule has 40 heavy (non-hydrogen) atoms. The monoisotopic (exact) mass is 571 g/mol. The van der Waals surface area contributed by atoms with E-state index in [0.717, 1.165) is 53.8 Å². The standard InChI is InChI=1S/C29H43N3O2.C4H10.CH4S/c1-9-30-27(28(4,5)6)31-15-14-21(33)25-23(19-12-10-11-13-19)24-20(32-26(25)18(2)3)16-29(7,8)17-22(24)34;1-3-4-2;1-2/h9,12,15,18,21-22,33-34H,1,10-11,13-14,16-17H2,2-8H3;3-4H2,1-2H3;2H,1H3. The highest BCUT2D eigenvalue weighted by atomic mass is 32.1. The van der Waals surface area contributed by atoms with E-state index in [1.54, 1.807) is 12.5 Å². The maximum absolute atomic E-state index is 11.5. The average molecular weight is 572 g/mol. The van der Waals surface area contributed by atoms with E-state index in [4.69, 9.17) is 4.98 Å². The van der Waals surface area contributed by atoms with Crippen LogP contribution in [0.1, 0.15) is 153 Å². The zero-order chi connectivity index (χ0) is 30.7. The number of hydrogen-bond acceptors (Lipinski definition) is 5. The lowest BCUT2D eigenvalue weighted by molar-refractivity contribution is 0.0970. The molecule has 0 radical (unpaired) electrons. The molecule has 2 aliphatic carbocycles. The van der Waals surface area contributed by atoms with E-state index >= 15 is 0 Å². The first kappa shape index (κ1) is 36.3. The van der Waals surface area contributed by atoms with Gasteiger partial charge in [-0.2, -0.15) is 12.6 Å². The first-order valence-electron chi connectivity index (χ1n) is 15.1. The second-order valence-corrected chi connectivity index (χ2v) is 12.9. The van der Waals surface area contributed by atoms with Crippen molar-refractivity contribution >= 4 is 30.3 Å². The Labute approximate surface area is 250 Å². The highest BCUT2D eigenvalue weighted by Crippen LogP contribution is 2.48. The molecule has 226 valence electrons. The second-order valence-electron chi connectivity index (χ2n) is 12.9. The van der Waals surface area contributed by atoms with Crippen molar-refractivity contribution in [3.8, 4) is 0 Å². The van der Waals surface area contributed by atoms with Gasteiger partial charge in [0.25, 0.3) is 0 Å². The number of rotatable bonds is 7. The molecule has 1 heterocycles. The number of fused-ring (bicyclic) bond motifs is 1. The van der Waals surface area contributed by atoms with E-state index in [-0.39, 0.29) is 16.7 Å². The lowest BCUT2D eigenvalue weighted by Gasteiger charge is -2.37. The molecule has 5 nitrogen and oxygen atoms in total. The lowest BCUT2D eigenvalue weighted by atomic mass is 9.71. The van der Waals surface area contributed by atoms with Crippen molar-refractivity contribution in [3.05, 3.63) is 46.9 Å². The van der Waals surface area contributed by atoms with Gasteiger partial charge in [0.15, 0.2) is 0 Å². The van der Waals surface area contributed by atoms with Crippen LogP contribution in [0.2, 0.25) is 0 Å². The maximum atomic E-state index is 11.5. The molecule has 2 atom stereocenters. The third-order valence-corrected chi connectivity index (χ3v) is 7.27. The largest absolute Gasteiger partial charge is 0.388 e. The van der Waals surface area contributed by atoms with Gasteiger partial charge in [0.05, 0.1) is 12.2 Å². The molecule has 0 aliphatic heterocycles. The summed E-state index contributed by atoms with van der Waals surface area (Å²) in [5, 5.41) is 22.8. The van der Waals surface area contributed by atoms with Crippen LogP contribution in [-0.2, 0) is 6.42 Å². The average Bonchev–Trinajstić information content (AvgIpc) is 3.41. The molecule has 2 N–H and O–H groups in total. The van der Waals surface area contributed by atoms with Crippen LogP contribution in [-0.4, -0.2) is 33.5 Å². The summed E-state index contributed by atoms with van der Waals surface area (Å²) in [6, 6.07) is 0. The second kappa shape index (κ2) is 16.6. The van der Waals surface area contributed by atoms with Gasteiger partial charge in [0.1, 0.15) is 5.84 Å². The number of aliphatic imine (C=N–C) groups is 2. The maximum Gasteiger partial charge on any atom is 0.133 e. The van der Waals surface area contributed by atoms with Gasteiger partial charge in [-0.3, -0.25) is 4.98 Å². The van der Waals surface area contributed by atoms with Crippen LogP contribution >= 0.6 is 12.6 Å². The van der Waals surface area contributed by atoms with Crippen LogP contribution in [0.25, 0.3) is 5.57 Å². The molecule has 0 spiro atoms. The van der Waals surface area contributed by atoms with E-state index in [0.29, 0.717) is 18.7 Å². The van der Waals surface area contributed by atoms with Crippen LogP contribution in [0, 0.1) is 10.8 Å². The summed E-state index contributed by atoms with van der Waals surface area (Å²) in [7, 11) is 0. The molecule has 0 amide bonds. The van der Waals surface area contributed by atoms with Crippen molar-refractivity contribution in [2.45, 2.75) is 132 Å². The number of aliphatic hydroxyl groups is 2. The summed E-state index contributed by atoms with van der Waals surface area (Å²) in [5.74, 6) is 0.834. The number of aromatic nitrogens is 1. The fourth-order valence-corrected chi connectivity index (χ4v) is 5.21. The van der Waals surface area contributed by atoms with Gasteiger partial charge < -0.3 is 10.2 Å². The highest BCUT2D eigenvalue weighted by Gasteiger charge is 2.38. The number of thiol groups is 1. The quantitative estimate of drug-likeness (QED) is 0.173. The van der Waals surface area contributed by atoms with Crippen molar-refractivity contribution in [2.24, 2.45) is 20.8 Å². The Bertz CT molecular complexity index is 1050. The number of pyridine rings is 1. The summed E-state index contributed by atoms with van der Waals surface area (Å²) < 4.78 is 0.